The minimum Gasteiger partial charge on any atom is -0.488 e. The highest BCUT2D eigenvalue weighted by atomic mass is 79.9. The largest absolute Gasteiger partial charge is 0.488 e. The first-order valence-electron chi connectivity index (χ1n) is 5.97. The molecule has 0 atom stereocenters. The van der Waals surface area contributed by atoms with Crippen LogP contribution in [0.25, 0.3) is 6.08 Å². The van der Waals surface area contributed by atoms with E-state index >= 15 is 0 Å². The first kappa shape index (κ1) is 12.2. The number of para-hydroxylation sites is 1. The number of ether oxygens (including phenoxy) is 1. The number of Topliss-reactive ketones (excluding diaryl/α,β-unsaturated/α-hetero) is 1. The van der Waals surface area contributed by atoms with Gasteiger partial charge in [0.2, 0.25) is 0 Å². The van der Waals surface area contributed by atoms with Crippen LogP contribution in [0.15, 0.2) is 58.6 Å². The summed E-state index contributed by atoms with van der Waals surface area (Å²) in [5.74, 6) is 0.713. The van der Waals surface area contributed by atoms with Gasteiger partial charge in [-0.25, -0.2) is 0 Å². The lowest BCUT2D eigenvalue weighted by Crippen LogP contribution is -2.18. The number of benzene rings is 2. The molecule has 0 aromatic heterocycles. The Morgan fingerprint density at radius 1 is 1.05 bits per heavy atom. The van der Waals surface area contributed by atoms with Crippen molar-refractivity contribution in [1.82, 2.24) is 0 Å². The van der Waals surface area contributed by atoms with Gasteiger partial charge >= 0.3 is 0 Å². The van der Waals surface area contributed by atoms with Crippen LogP contribution >= 0.6 is 15.9 Å². The average molecular weight is 315 g/mol. The number of carbonyl (C=O) groups is 1. The van der Waals surface area contributed by atoms with Crippen LogP contribution in [-0.2, 0) is 0 Å². The molecular formula is C16H11BrO2. The Labute approximate surface area is 119 Å². The molecule has 0 aliphatic carbocycles. The number of rotatable bonds is 1. The van der Waals surface area contributed by atoms with E-state index in [4.69, 9.17) is 4.74 Å². The van der Waals surface area contributed by atoms with Gasteiger partial charge in [0.25, 0.3) is 0 Å². The van der Waals surface area contributed by atoms with E-state index in [1.807, 2.05) is 48.5 Å². The lowest BCUT2D eigenvalue weighted by molar-refractivity contribution is 0.100. The Bertz CT molecular complexity index is 657. The molecule has 0 bridgehead atoms. The van der Waals surface area contributed by atoms with E-state index in [0.717, 1.165) is 10.0 Å². The van der Waals surface area contributed by atoms with Crippen LogP contribution in [-0.4, -0.2) is 12.4 Å². The molecule has 0 saturated heterocycles. The van der Waals surface area contributed by atoms with Gasteiger partial charge in [0.1, 0.15) is 12.4 Å². The van der Waals surface area contributed by atoms with E-state index in [1.165, 1.54) is 0 Å². The molecule has 1 aliphatic heterocycles. The summed E-state index contributed by atoms with van der Waals surface area (Å²) in [5, 5.41) is 0. The van der Waals surface area contributed by atoms with Crippen molar-refractivity contribution in [2.24, 2.45) is 0 Å². The quantitative estimate of drug-likeness (QED) is 0.740. The summed E-state index contributed by atoms with van der Waals surface area (Å²) < 4.78 is 6.62. The summed E-state index contributed by atoms with van der Waals surface area (Å²) in [7, 11) is 0. The first-order valence-corrected chi connectivity index (χ1v) is 6.76. The number of ketones is 1. The smallest absolute Gasteiger partial charge is 0.196 e. The van der Waals surface area contributed by atoms with E-state index in [9.17, 15) is 4.79 Å². The predicted molar refractivity (Wildman–Crippen MR) is 78.4 cm³/mol. The second-order valence-corrected chi connectivity index (χ2v) is 5.25. The summed E-state index contributed by atoms with van der Waals surface area (Å²) >= 11 is 3.39. The van der Waals surface area contributed by atoms with Crippen molar-refractivity contribution in [3.05, 3.63) is 69.7 Å². The van der Waals surface area contributed by atoms with Crippen LogP contribution < -0.4 is 4.74 Å². The fourth-order valence-corrected chi connectivity index (χ4v) is 2.31. The van der Waals surface area contributed by atoms with E-state index in [-0.39, 0.29) is 5.78 Å². The van der Waals surface area contributed by atoms with Crippen LogP contribution in [0.5, 0.6) is 5.75 Å². The van der Waals surface area contributed by atoms with Crippen molar-refractivity contribution in [2.75, 3.05) is 6.61 Å². The predicted octanol–water partition coefficient (Wildman–Crippen LogP) is 4.11. The second kappa shape index (κ2) is 5.02. The molecule has 2 aromatic rings. The molecule has 0 amide bonds. The highest BCUT2D eigenvalue weighted by Crippen LogP contribution is 2.27. The molecule has 0 radical (unpaired) electrons. The normalized spacial score (nSPS) is 16.1. The number of fused-ring (bicyclic) bond motifs is 1. The molecule has 3 rings (SSSR count). The minimum atomic E-state index is 0.0461. The molecule has 1 heterocycles. The molecule has 0 unspecified atom stereocenters. The van der Waals surface area contributed by atoms with Gasteiger partial charge < -0.3 is 4.74 Å². The minimum absolute atomic E-state index is 0.0461. The summed E-state index contributed by atoms with van der Waals surface area (Å²) in [4.78, 5) is 12.3. The lowest BCUT2D eigenvalue weighted by atomic mass is 9.98. The van der Waals surface area contributed by atoms with Crippen LogP contribution in [0, 0.1) is 0 Å². The fraction of sp³-hybridized carbons (Fsp3) is 0.0625. The van der Waals surface area contributed by atoms with Gasteiger partial charge in [0.15, 0.2) is 5.78 Å². The number of carbonyl (C=O) groups excluding carboxylic acids is 1. The lowest BCUT2D eigenvalue weighted by Gasteiger charge is -2.18. The Morgan fingerprint density at radius 3 is 2.58 bits per heavy atom. The standard InChI is InChI=1S/C16H11BrO2/c17-13-7-5-11(6-8-13)9-12-10-19-15-4-2-1-3-14(15)16(12)18/h1-9H,10H2/b12-9+. The van der Waals surface area contributed by atoms with Crippen LogP contribution in [0.3, 0.4) is 0 Å². The van der Waals surface area contributed by atoms with Gasteiger partial charge in [-0.05, 0) is 35.9 Å². The molecule has 0 fully saturated rings. The monoisotopic (exact) mass is 314 g/mol. The Balaban J connectivity index is 1.96. The van der Waals surface area contributed by atoms with Gasteiger partial charge in [-0.3, -0.25) is 4.79 Å². The molecule has 0 N–H and O–H groups in total. The molecule has 0 saturated carbocycles. The molecule has 2 nitrogen and oxygen atoms in total. The van der Waals surface area contributed by atoms with Gasteiger partial charge in [-0.15, -0.1) is 0 Å². The topological polar surface area (TPSA) is 26.3 Å². The molecular weight excluding hydrogens is 304 g/mol. The van der Waals surface area contributed by atoms with Gasteiger partial charge in [-0.1, -0.05) is 40.2 Å². The number of hydrogen-bond donors (Lipinski definition) is 0. The highest BCUT2D eigenvalue weighted by Gasteiger charge is 2.22. The van der Waals surface area contributed by atoms with Crippen molar-refractivity contribution in [2.45, 2.75) is 0 Å². The molecule has 94 valence electrons. The summed E-state index contributed by atoms with van der Waals surface area (Å²) in [6.45, 7) is 0.325. The van der Waals surface area contributed by atoms with E-state index in [0.29, 0.717) is 23.5 Å². The van der Waals surface area contributed by atoms with Crippen molar-refractivity contribution < 1.29 is 9.53 Å². The Morgan fingerprint density at radius 2 is 1.79 bits per heavy atom. The van der Waals surface area contributed by atoms with Crippen molar-refractivity contribution in [1.29, 1.82) is 0 Å². The maximum absolute atomic E-state index is 12.3. The Hall–Kier alpha value is -1.87. The molecule has 19 heavy (non-hydrogen) atoms. The molecule has 2 aromatic carbocycles. The molecule has 3 heteroatoms. The number of hydrogen-bond acceptors (Lipinski definition) is 2. The van der Waals surface area contributed by atoms with Crippen LogP contribution in [0.1, 0.15) is 15.9 Å². The first-order chi connectivity index (χ1) is 9.24. The Kier molecular flexibility index (Phi) is 3.22. The molecule has 1 aliphatic rings. The van der Waals surface area contributed by atoms with Gasteiger partial charge in [0, 0.05) is 10.0 Å². The SMILES string of the molecule is O=C1/C(=C/c2ccc(Br)cc2)COc2ccccc21. The summed E-state index contributed by atoms with van der Waals surface area (Å²) in [6, 6.07) is 15.2. The summed E-state index contributed by atoms with van der Waals surface area (Å²) in [6.07, 6.45) is 1.88. The summed E-state index contributed by atoms with van der Waals surface area (Å²) in [5.41, 5.74) is 2.31. The third-order valence-electron chi connectivity index (χ3n) is 3.02. The fourth-order valence-electron chi connectivity index (χ4n) is 2.04. The third kappa shape index (κ3) is 2.47. The van der Waals surface area contributed by atoms with Gasteiger partial charge in [0.05, 0.1) is 5.56 Å². The highest BCUT2D eigenvalue weighted by molar-refractivity contribution is 9.10. The second-order valence-electron chi connectivity index (χ2n) is 4.34. The van der Waals surface area contributed by atoms with E-state index in [2.05, 4.69) is 15.9 Å². The number of halogens is 1. The van der Waals surface area contributed by atoms with Crippen molar-refractivity contribution >= 4 is 27.8 Å². The maximum Gasteiger partial charge on any atom is 0.196 e. The zero-order chi connectivity index (χ0) is 13.2. The van der Waals surface area contributed by atoms with Crippen LogP contribution in [0.4, 0.5) is 0 Å². The van der Waals surface area contributed by atoms with E-state index in [1.54, 1.807) is 6.07 Å². The van der Waals surface area contributed by atoms with Crippen LogP contribution in [0.2, 0.25) is 0 Å². The van der Waals surface area contributed by atoms with Crippen molar-refractivity contribution in [3.63, 3.8) is 0 Å². The maximum atomic E-state index is 12.3. The molecule has 0 spiro atoms. The van der Waals surface area contributed by atoms with E-state index < -0.39 is 0 Å². The zero-order valence-electron chi connectivity index (χ0n) is 10.1. The van der Waals surface area contributed by atoms with Gasteiger partial charge in [-0.2, -0.15) is 0 Å². The average Bonchev–Trinajstić information content (AvgIpc) is 2.45. The third-order valence-corrected chi connectivity index (χ3v) is 3.55. The van der Waals surface area contributed by atoms with Crippen molar-refractivity contribution in [3.8, 4) is 5.75 Å². The zero-order valence-corrected chi connectivity index (χ0v) is 11.7.